The van der Waals surface area contributed by atoms with E-state index in [1.54, 1.807) is 6.92 Å². The van der Waals surface area contributed by atoms with Crippen LogP contribution < -0.4 is 0 Å². The van der Waals surface area contributed by atoms with Crippen molar-refractivity contribution in [3.05, 3.63) is 89.2 Å². The van der Waals surface area contributed by atoms with Crippen LogP contribution in [0.3, 0.4) is 0 Å². The Balaban J connectivity index is 1.72. The van der Waals surface area contributed by atoms with Crippen molar-refractivity contribution in [2.24, 2.45) is 0 Å². The largest absolute Gasteiger partial charge is 0.331 e. The smallest absolute Gasteiger partial charge is 0.184 e. The summed E-state index contributed by atoms with van der Waals surface area (Å²) >= 11 is 0. The second kappa shape index (κ2) is 6.93. The van der Waals surface area contributed by atoms with Crippen LogP contribution in [0.5, 0.6) is 0 Å². The van der Waals surface area contributed by atoms with Crippen LogP contribution in [0.15, 0.2) is 66.7 Å². The average Bonchev–Trinajstić information content (AvgIpc) is 3.08. The Morgan fingerprint density at radius 1 is 0.963 bits per heavy atom. The summed E-state index contributed by atoms with van der Waals surface area (Å²) in [6.45, 7) is 3.64. The summed E-state index contributed by atoms with van der Waals surface area (Å²) in [7, 11) is 0. The number of imidazole rings is 1. The summed E-state index contributed by atoms with van der Waals surface area (Å²) in [5.74, 6) is 6.92. The molecular weight excluding hydrogens is 332 g/mol. The minimum absolute atomic E-state index is 0.0556. The van der Waals surface area contributed by atoms with Gasteiger partial charge in [0.25, 0.3) is 0 Å². The van der Waals surface area contributed by atoms with Crippen molar-refractivity contribution >= 4 is 16.8 Å². The standard InChI is InChI=1S/C24H18N2O/c1-16-6-5-7-18(14-16)10-13-24-25-22-12-11-19(15-23(22)26-24)21-9-4-3-8-20(21)17(2)27/h3-9,11-12,14-15H,1-2H3,(H,25,26). The molecule has 0 spiro atoms. The van der Waals surface area contributed by atoms with E-state index in [0.29, 0.717) is 5.82 Å². The highest BCUT2D eigenvalue weighted by atomic mass is 16.1. The molecule has 0 fully saturated rings. The van der Waals surface area contributed by atoms with Gasteiger partial charge in [-0.25, -0.2) is 4.98 Å². The minimum atomic E-state index is 0.0556. The number of benzene rings is 3. The lowest BCUT2D eigenvalue weighted by atomic mass is 9.97. The molecule has 1 heterocycles. The molecule has 1 N–H and O–H groups in total. The van der Waals surface area contributed by atoms with E-state index in [1.807, 2.05) is 73.7 Å². The highest BCUT2D eigenvalue weighted by Crippen LogP contribution is 2.26. The first-order valence-electron chi connectivity index (χ1n) is 8.79. The van der Waals surface area contributed by atoms with Gasteiger partial charge < -0.3 is 4.98 Å². The molecule has 1 aromatic heterocycles. The molecule has 27 heavy (non-hydrogen) atoms. The predicted molar refractivity (Wildman–Crippen MR) is 109 cm³/mol. The molecule has 0 bridgehead atoms. The molecule has 0 atom stereocenters. The number of aryl methyl sites for hydroxylation is 1. The number of aromatic nitrogens is 2. The van der Waals surface area contributed by atoms with Crippen LogP contribution in [0, 0.1) is 18.8 Å². The number of hydrogen-bond donors (Lipinski definition) is 1. The van der Waals surface area contributed by atoms with Gasteiger partial charge in [0.15, 0.2) is 11.6 Å². The van der Waals surface area contributed by atoms with E-state index in [1.165, 1.54) is 5.56 Å². The Morgan fingerprint density at radius 2 is 1.81 bits per heavy atom. The first-order chi connectivity index (χ1) is 13.1. The van der Waals surface area contributed by atoms with Gasteiger partial charge in [-0.1, -0.05) is 48.4 Å². The van der Waals surface area contributed by atoms with Crippen molar-refractivity contribution in [3.8, 4) is 23.0 Å². The summed E-state index contributed by atoms with van der Waals surface area (Å²) in [6.07, 6.45) is 0. The zero-order valence-electron chi connectivity index (χ0n) is 15.2. The number of ketones is 1. The van der Waals surface area contributed by atoms with E-state index in [-0.39, 0.29) is 5.78 Å². The maximum Gasteiger partial charge on any atom is 0.184 e. The molecule has 0 saturated heterocycles. The van der Waals surface area contributed by atoms with E-state index < -0.39 is 0 Å². The lowest BCUT2D eigenvalue weighted by Crippen LogP contribution is -1.95. The lowest BCUT2D eigenvalue weighted by Gasteiger charge is -2.06. The number of carbonyl (C=O) groups is 1. The molecule has 130 valence electrons. The maximum absolute atomic E-state index is 11.9. The zero-order valence-corrected chi connectivity index (χ0v) is 15.2. The lowest BCUT2D eigenvalue weighted by molar-refractivity contribution is 0.101. The number of H-pyrrole nitrogens is 1. The Morgan fingerprint density at radius 3 is 2.63 bits per heavy atom. The third kappa shape index (κ3) is 3.51. The number of rotatable bonds is 2. The molecule has 0 radical (unpaired) electrons. The van der Waals surface area contributed by atoms with Crippen LogP contribution >= 0.6 is 0 Å². The monoisotopic (exact) mass is 350 g/mol. The van der Waals surface area contributed by atoms with Crippen LogP contribution in [0.1, 0.15) is 34.2 Å². The topological polar surface area (TPSA) is 45.8 Å². The molecule has 3 nitrogen and oxygen atoms in total. The second-order valence-corrected chi connectivity index (χ2v) is 6.54. The summed E-state index contributed by atoms with van der Waals surface area (Å²) in [4.78, 5) is 19.7. The molecule has 0 saturated carbocycles. The van der Waals surface area contributed by atoms with Gasteiger partial charge in [-0.3, -0.25) is 4.79 Å². The molecule has 0 unspecified atom stereocenters. The van der Waals surface area contributed by atoms with E-state index in [9.17, 15) is 4.79 Å². The first kappa shape index (κ1) is 16.8. The van der Waals surface area contributed by atoms with E-state index in [4.69, 9.17) is 0 Å². The molecule has 0 aliphatic carbocycles. The van der Waals surface area contributed by atoms with Crippen LogP contribution in [-0.4, -0.2) is 15.8 Å². The Bertz CT molecular complexity index is 1220. The van der Waals surface area contributed by atoms with Crippen LogP contribution in [0.2, 0.25) is 0 Å². The van der Waals surface area contributed by atoms with Gasteiger partial charge in [0, 0.05) is 11.1 Å². The van der Waals surface area contributed by atoms with Crippen molar-refractivity contribution in [2.75, 3.05) is 0 Å². The highest BCUT2D eigenvalue weighted by Gasteiger charge is 2.10. The molecule has 0 aliphatic rings. The van der Waals surface area contributed by atoms with Gasteiger partial charge in [-0.05, 0) is 60.7 Å². The summed E-state index contributed by atoms with van der Waals surface area (Å²) < 4.78 is 0. The first-order valence-corrected chi connectivity index (χ1v) is 8.79. The Labute approximate surface area is 158 Å². The quantitative estimate of drug-likeness (QED) is 0.402. The van der Waals surface area contributed by atoms with Crippen molar-refractivity contribution in [3.63, 3.8) is 0 Å². The molecule has 0 aliphatic heterocycles. The third-order valence-corrected chi connectivity index (χ3v) is 4.44. The summed E-state index contributed by atoms with van der Waals surface area (Å²) in [5, 5.41) is 0. The maximum atomic E-state index is 11.9. The van der Waals surface area contributed by atoms with Crippen molar-refractivity contribution in [2.45, 2.75) is 13.8 Å². The third-order valence-electron chi connectivity index (χ3n) is 4.44. The number of carbonyl (C=O) groups excluding carboxylic acids is 1. The van der Waals surface area contributed by atoms with Gasteiger partial charge in [-0.2, -0.15) is 0 Å². The van der Waals surface area contributed by atoms with Crippen LogP contribution in [-0.2, 0) is 0 Å². The van der Waals surface area contributed by atoms with Crippen molar-refractivity contribution < 1.29 is 4.79 Å². The molecule has 4 aromatic rings. The Hall–Kier alpha value is -3.64. The predicted octanol–water partition coefficient (Wildman–Crippen LogP) is 5.14. The van der Waals surface area contributed by atoms with Gasteiger partial charge in [-0.15, -0.1) is 0 Å². The normalized spacial score (nSPS) is 10.4. The molecule has 4 rings (SSSR count). The van der Waals surface area contributed by atoms with Crippen LogP contribution in [0.25, 0.3) is 22.2 Å². The number of nitrogens with one attached hydrogen (secondary N) is 1. The highest BCUT2D eigenvalue weighted by molar-refractivity contribution is 6.01. The van der Waals surface area contributed by atoms with Crippen LogP contribution in [0.4, 0.5) is 0 Å². The van der Waals surface area contributed by atoms with E-state index in [2.05, 4.69) is 21.8 Å². The second-order valence-electron chi connectivity index (χ2n) is 6.54. The van der Waals surface area contributed by atoms with Gasteiger partial charge >= 0.3 is 0 Å². The summed E-state index contributed by atoms with van der Waals surface area (Å²) in [6, 6.07) is 21.7. The fraction of sp³-hybridized carbons (Fsp3) is 0.0833. The number of nitrogens with zero attached hydrogens (tertiary/aromatic N) is 1. The number of aromatic amines is 1. The zero-order chi connectivity index (χ0) is 18.8. The summed E-state index contributed by atoms with van der Waals surface area (Å²) in [5.41, 5.74) is 6.53. The number of Topliss-reactive ketones (excluding diaryl/α,β-unsaturated/α-hetero) is 1. The fourth-order valence-electron chi connectivity index (χ4n) is 3.13. The number of fused-ring (bicyclic) bond motifs is 1. The molecule has 3 heteroatoms. The van der Waals surface area contributed by atoms with E-state index in [0.717, 1.165) is 33.3 Å². The molecular formula is C24H18N2O. The van der Waals surface area contributed by atoms with Crippen molar-refractivity contribution in [1.29, 1.82) is 0 Å². The molecule has 3 aromatic carbocycles. The van der Waals surface area contributed by atoms with E-state index >= 15 is 0 Å². The SMILES string of the molecule is CC(=O)c1ccccc1-c1ccc2nc(C#Cc3cccc(C)c3)[nH]c2c1. The number of hydrogen-bond acceptors (Lipinski definition) is 2. The average molecular weight is 350 g/mol. The molecule has 0 amide bonds. The van der Waals surface area contributed by atoms with Gasteiger partial charge in [0.2, 0.25) is 0 Å². The Kier molecular flexibility index (Phi) is 4.32. The minimum Gasteiger partial charge on any atom is -0.331 e. The van der Waals surface area contributed by atoms with Crippen molar-refractivity contribution in [1.82, 2.24) is 9.97 Å². The van der Waals surface area contributed by atoms with Gasteiger partial charge in [0.05, 0.1) is 11.0 Å². The van der Waals surface area contributed by atoms with Gasteiger partial charge in [0.1, 0.15) is 0 Å². The fourth-order valence-corrected chi connectivity index (χ4v) is 3.13.